The zero-order valence-corrected chi connectivity index (χ0v) is 24.4. The van der Waals surface area contributed by atoms with E-state index in [1.165, 1.54) is 22.5 Å². The molecule has 0 bridgehead atoms. The standard InChI is InChI=1S/C31H38N6O2S/c1-20-9-5-6-10-24(20)22-13-15-37(16-14-22)31(39)34-28(21(2)26-17-32-27-12-8-7-11-25(26)27)29(38)35-30-33-23(19-40-30)18-36(3)4/h5-12,17,19,21-22,28,32H,13-16,18H2,1-4H3,(H,34,39)(H,33,35,38)/t21-,28-/m1/s1. The number of H-pyrrole nitrogens is 1. The molecule has 1 saturated heterocycles. The van der Waals surface area contributed by atoms with Gasteiger partial charge in [0.15, 0.2) is 5.13 Å². The first kappa shape index (κ1) is 27.9. The van der Waals surface area contributed by atoms with E-state index in [2.05, 4.69) is 51.8 Å². The number of piperidine rings is 1. The molecule has 3 heterocycles. The van der Waals surface area contributed by atoms with Gasteiger partial charge in [-0.15, -0.1) is 11.3 Å². The molecule has 1 fully saturated rings. The predicted octanol–water partition coefficient (Wildman–Crippen LogP) is 5.69. The van der Waals surface area contributed by atoms with Crippen molar-refractivity contribution in [3.8, 4) is 0 Å². The van der Waals surface area contributed by atoms with Crippen molar-refractivity contribution in [3.05, 3.63) is 82.5 Å². The van der Waals surface area contributed by atoms with Crippen LogP contribution < -0.4 is 10.6 Å². The van der Waals surface area contributed by atoms with Crippen LogP contribution in [0, 0.1) is 6.92 Å². The number of rotatable bonds is 8. The number of likely N-dealkylation sites (tertiary alicyclic amines) is 1. The van der Waals surface area contributed by atoms with Crippen LogP contribution in [0.1, 0.15) is 54.0 Å². The molecule has 210 valence electrons. The van der Waals surface area contributed by atoms with Crippen molar-refractivity contribution in [1.82, 2.24) is 25.1 Å². The zero-order valence-electron chi connectivity index (χ0n) is 23.6. The second-order valence-corrected chi connectivity index (χ2v) is 11.9. The van der Waals surface area contributed by atoms with Gasteiger partial charge >= 0.3 is 6.03 Å². The number of urea groups is 1. The molecule has 0 saturated carbocycles. The monoisotopic (exact) mass is 558 g/mol. The van der Waals surface area contributed by atoms with Crippen molar-refractivity contribution < 1.29 is 9.59 Å². The van der Waals surface area contributed by atoms with Crippen molar-refractivity contribution in [1.29, 1.82) is 0 Å². The van der Waals surface area contributed by atoms with E-state index >= 15 is 0 Å². The van der Waals surface area contributed by atoms with Crippen molar-refractivity contribution >= 4 is 39.3 Å². The van der Waals surface area contributed by atoms with Gasteiger partial charge in [0.1, 0.15) is 6.04 Å². The van der Waals surface area contributed by atoms with Crippen molar-refractivity contribution in [2.45, 2.75) is 51.1 Å². The van der Waals surface area contributed by atoms with Crippen LogP contribution in [0.15, 0.2) is 60.1 Å². The van der Waals surface area contributed by atoms with Crippen molar-refractivity contribution in [2.75, 3.05) is 32.5 Å². The minimum Gasteiger partial charge on any atom is -0.361 e. The molecule has 9 heteroatoms. The molecule has 1 aliphatic rings. The Morgan fingerprint density at radius 1 is 1.12 bits per heavy atom. The number of nitrogens with zero attached hydrogens (tertiary/aromatic N) is 3. The molecule has 0 radical (unpaired) electrons. The van der Waals surface area contributed by atoms with Crippen LogP contribution in [0.3, 0.4) is 0 Å². The van der Waals surface area contributed by atoms with Crippen LogP contribution in [0.4, 0.5) is 9.93 Å². The lowest BCUT2D eigenvalue weighted by molar-refractivity contribution is -0.118. The Bertz CT molecular complexity index is 1470. The van der Waals surface area contributed by atoms with Crippen LogP contribution in [0.2, 0.25) is 0 Å². The van der Waals surface area contributed by atoms with Gasteiger partial charge in [0.05, 0.1) is 5.69 Å². The highest BCUT2D eigenvalue weighted by Crippen LogP contribution is 2.31. The average Bonchev–Trinajstić information content (AvgIpc) is 3.58. The lowest BCUT2D eigenvalue weighted by Gasteiger charge is -2.34. The fourth-order valence-corrected chi connectivity index (χ4v) is 6.38. The van der Waals surface area contributed by atoms with Gasteiger partial charge in [0, 0.05) is 48.0 Å². The lowest BCUT2D eigenvalue weighted by atomic mass is 9.87. The molecule has 2 aromatic heterocycles. The number of carbonyl (C=O) groups excluding carboxylic acids is 2. The number of thiazole rings is 1. The van der Waals surface area contributed by atoms with E-state index in [1.807, 2.05) is 66.7 Å². The summed E-state index contributed by atoms with van der Waals surface area (Å²) in [5.41, 5.74) is 5.55. The van der Waals surface area contributed by atoms with Crippen molar-refractivity contribution in [3.63, 3.8) is 0 Å². The van der Waals surface area contributed by atoms with Gasteiger partial charge in [-0.3, -0.25) is 4.79 Å². The fourth-order valence-electron chi connectivity index (χ4n) is 5.67. The highest BCUT2D eigenvalue weighted by atomic mass is 32.1. The zero-order chi connectivity index (χ0) is 28.2. The van der Waals surface area contributed by atoms with Gasteiger partial charge in [-0.05, 0) is 62.5 Å². The van der Waals surface area contributed by atoms with Gasteiger partial charge in [-0.1, -0.05) is 49.4 Å². The highest BCUT2D eigenvalue weighted by Gasteiger charge is 2.33. The number of anilines is 1. The Kier molecular flexibility index (Phi) is 8.52. The predicted molar refractivity (Wildman–Crippen MR) is 162 cm³/mol. The van der Waals surface area contributed by atoms with Crippen LogP contribution >= 0.6 is 11.3 Å². The number of hydrogen-bond acceptors (Lipinski definition) is 5. The maximum Gasteiger partial charge on any atom is 0.318 e. The molecule has 2 atom stereocenters. The maximum absolute atomic E-state index is 13.7. The minimum absolute atomic E-state index is 0.206. The maximum atomic E-state index is 13.7. The Balaban J connectivity index is 1.32. The Labute approximate surface area is 239 Å². The molecule has 0 unspecified atom stereocenters. The molecule has 3 N–H and O–H groups in total. The summed E-state index contributed by atoms with van der Waals surface area (Å²) in [5.74, 6) is -0.103. The number of nitrogens with one attached hydrogen (secondary N) is 3. The van der Waals surface area contributed by atoms with E-state index in [9.17, 15) is 9.59 Å². The summed E-state index contributed by atoms with van der Waals surface area (Å²) in [6, 6.07) is 15.5. The molecule has 5 rings (SSSR count). The van der Waals surface area contributed by atoms with E-state index in [1.54, 1.807) is 0 Å². The largest absolute Gasteiger partial charge is 0.361 e. The first-order chi connectivity index (χ1) is 19.3. The summed E-state index contributed by atoms with van der Waals surface area (Å²) in [7, 11) is 3.96. The number of aryl methyl sites for hydroxylation is 1. The molecular weight excluding hydrogens is 520 g/mol. The summed E-state index contributed by atoms with van der Waals surface area (Å²) in [5, 5.41) is 9.60. The van der Waals surface area contributed by atoms with E-state index in [4.69, 9.17) is 0 Å². The molecular formula is C31H38N6O2S. The number of amides is 3. The van der Waals surface area contributed by atoms with E-state index in [0.29, 0.717) is 30.7 Å². The third-order valence-corrected chi connectivity index (χ3v) is 8.65. The Hall–Kier alpha value is -3.69. The number of hydrogen-bond donors (Lipinski definition) is 3. The van der Waals surface area contributed by atoms with E-state index in [0.717, 1.165) is 35.0 Å². The topological polar surface area (TPSA) is 93.4 Å². The third-order valence-electron chi connectivity index (χ3n) is 7.84. The molecule has 3 amide bonds. The number of fused-ring (bicyclic) bond motifs is 1. The second-order valence-electron chi connectivity index (χ2n) is 11.0. The fraction of sp³-hybridized carbons (Fsp3) is 0.387. The van der Waals surface area contributed by atoms with Gasteiger partial charge in [0.25, 0.3) is 0 Å². The van der Waals surface area contributed by atoms with Crippen LogP contribution in [-0.4, -0.2) is 64.9 Å². The van der Waals surface area contributed by atoms with Gasteiger partial charge < -0.3 is 25.4 Å². The Morgan fingerprint density at radius 2 is 1.85 bits per heavy atom. The van der Waals surface area contributed by atoms with Gasteiger partial charge in [-0.2, -0.15) is 0 Å². The molecule has 0 spiro atoms. The summed E-state index contributed by atoms with van der Waals surface area (Å²) in [6.07, 6.45) is 3.75. The first-order valence-electron chi connectivity index (χ1n) is 13.9. The van der Waals surface area contributed by atoms with Crippen LogP contribution in [-0.2, 0) is 11.3 Å². The SMILES string of the molecule is Cc1ccccc1C1CCN(C(=O)N[C@@H](C(=O)Nc2nc(CN(C)C)cs2)[C@H](C)c2c[nH]c3ccccc23)CC1. The van der Waals surface area contributed by atoms with Crippen LogP contribution in [0.5, 0.6) is 0 Å². The molecule has 2 aromatic carbocycles. The minimum atomic E-state index is -0.776. The van der Waals surface area contributed by atoms with Crippen LogP contribution in [0.25, 0.3) is 10.9 Å². The van der Waals surface area contributed by atoms with Gasteiger partial charge in [-0.25, -0.2) is 9.78 Å². The van der Waals surface area contributed by atoms with Crippen molar-refractivity contribution in [2.24, 2.45) is 0 Å². The summed E-state index contributed by atoms with van der Waals surface area (Å²) >= 11 is 1.40. The number of benzene rings is 2. The quantitative estimate of drug-likeness (QED) is 0.259. The second kappa shape index (κ2) is 12.2. The molecule has 0 aliphatic carbocycles. The van der Waals surface area contributed by atoms with E-state index in [-0.39, 0.29) is 17.9 Å². The number of aromatic nitrogens is 2. The summed E-state index contributed by atoms with van der Waals surface area (Å²) < 4.78 is 0. The third kappa shape index (κ3) is 6.21. The smallest absolute Gasteiger partial charge is 0.318 e. The lowest BCUT2D eigenvalue weighted by Crippen LogP contribution is -2.53. The highest BCUT2D eigenvalue weighted by molar-refractivity contribution is 7.13. The molecule has 8 nitrogen and oxygen atoms in total. The van der Waals surface area contributed by atoms with E-state index < -0.39 is 6.04 Å². The number of aromatic amines is 1. The first-order valence-corrected chi connectivity index (χ1v) is 14.7. The molecule has 40 heavy (non-hydrogen) atoms. The summed E-state index contributed by atoms with van der Waals surface area (Å²) in [6.45, 7) is 6.14. The molecule has 4 aromatic rings. The number of carbonyl (C=O) groups is 2. The normalized spacial score (nSPS) is 15.8. The van der Waals surface area contributed by atoms with Gasteiger partial charge in [0.2, 0.25) is 5.91 Å². The Morgan fingerprint density at radius 3 is 2.60 bits per heavy atom. The molecule has 1 aliphatic heterocycles. The summed E-state index contributed by atoms with van der Waals surface area (Å²) in [4.78, 5) is 39.0. The number of para-hydroxylation sites is 1. The average molecular weight is 559 g/mol.